The highest BCUT2D eigenvalue weighted by Gasteiger charge is 2.20. The number of unbranched alkanes of at least 4 members (excludes halogenated alkanes) is 1. The molecule has 2 aromatic rings. The smallest absolute Gasteiger partial charge is 0.248 e. The van der Waals surface area contributed by atoms with Gasteiger partial charge in [0.25, 0.3) is 0 Å². The zero-order chi connectivity index (χ0) is 28.6. The van der Waals surface area contributed by atoms with Gasteiger partial charge in [0.1, 0.15) is 5.75 Å². The lowest BCUT2D eigenvalue weighted by Crippen LogP contribution is -2.30. The Morgan fingerprint density at radius 3 is 2.62 bits per heavy atom. The van der Waals surface area contributed by atoms with Crippen LogP contribution in [0.5, 0.6) is 5.75 Å². The van der Waals surface area contributed by atoms with Crippen molar-refractivity contribution in [3.05, 3.63) is 70.8 Å². The number of allylic oxidation sites excluding steroid dienone is 1. The molecular formula is C32H47ClN2O3S. The van der Waals surface area contributed by atoms with E-state index in [1.807, 2.05) is 30.3 Å². The fraction of sp³-hybridized carbons (Fsp3) is 0.531. The second-order valence-electron chi connectivity index (χ2n) is 10.2. The predicted octanol–water partition coefficient (Wildman–Crippen LogP) is 7.61. The average molecular weight is 575 g/mol. The molecule has 0 aliphatic heterocycles. The maximum atomic E-state index is 12.0. The van der Waals surface area contributed by atoms with Gasteiger partial charge in [-0.05, 0) is 92.5 Å². The number of hydrogen-bond acceptors (Lipinski definition) is 5. The highest BCUT2D eigenvalue weighted by Crippen LogP contribution is 2.31. The fourth-order valence-corrected chi connectivity index (χ4v) is 5.03. The number of thiol groups is 1. The van der Waals surface area contributed by atoms with Crippen LogP contribution in [0.25, 0.3) is 0 Å². The summed E-state index contributed by atoms with van der Waals surface area (Å²) >= 11 is 10.5. The number of methoxy groups -OCH3 is 1. The Morgan fingerprint density at radius 1 is 1.18 bits per heavy atom. The van der Waals surface area contributed by atoms with Crippen molar-refractivity contribution in [2.75, 3.05) is 37.5 Å². The molecule has 2 N–H and O–H groups in total. The van der Waals surface area contributed by atoms with Gasteiger partial charge in [-0.15, -0.1) is 0 Å². The van der Waals surface area contributed by atoms with Gasteiger partial charge < -0.3 is 20.1 Å². The second-order valence-corrected chi connectivity index (χ2v) is 11.0. The Kier molecular flexibility index (Phi) is 15.5. The van der Waals surface area contributed by atoms with Crippen LogP contribution in [0.2, 0.25) is 5.02 Å². The number of nitrogens with two attached hydrogens (primary N) is 1. The molecule has 7 heteroatoms. The molecule has 0 heterocycles. The Bertz CT molecular complexity index is 1030. The number of anilines is 1. The van der Waals surface area contributed by atoms with Gasteiger partial charge in [0.05, 0.1) is 18.4 Å². The van der Waals surface area contributed by atoms with E-state index in [0.29, 0.717) is 24.0 Å². The molecule has 0 radical (unpaired) electrons. The number of primary amides is 1. The summed E-state index contributed by atoms with van der Waals surface area (Å²) in [5.41, 5.74) is 8.25. The molecule has 39 heavy (non-hydrogen) atoms. The van der Waals surface area contributed by atoms with Crippen molar-refractivity contribution in [1.82, 2.24) is 0 Å². The fourth-order valence-electron chi connectivity index (χ4n) is 4.66. The Morgan fingerprint density at radius 2 is 1.97 bits per heavy atom. The third-order valence-corrected chi connectivity index (χ3v) is 8.04. The van der Waals surface area contributed by atoms with Crippen molar-refractivity contribution in [2.45, 2.75) is 65.4 Å². The number of aryl methyl sites for hydroxylation is 1. The maximum Gasteiger partial charge on any atom is 0.248 e. The molecule has 0 saturated carbocycles. The topological polar surface area (TPSA) is 64.8 Å². The number of benzene rings is 2. The van der Waals surface area contributed by atoms with E-state index >= 15 is 0 Å². The molecule has 2 rings (SSSR count). The van der Waals surface area contributed by atoms with Gasteiger partial charge in [-0.2, -0.15) is 12.6 Å². The number of hydrogen-bond donors (Lipinski definition) is 2. The number of carbonyl (C=O) groups excluding carboxylic acids is 1. The molecule has 0 unspecified atom stereocenters. The van der Waals surface area contributed by atoms with Gasteiger partial charge in [0.15, 0.2) is 0 Å². The van der Waals surface area contributed by atoms with Crippen LogP contribution in [0.1, 0.15) is 68.8 Å². The highest BCUT2D eigenvalue weighted by atomic mass is 35.5. The van der Waals surface area contributed by atoms with Crippen molar-refractivity contribution in [1.29, 1.82) is 0 Å². The van der Waals surface area contributed by atoms with Crippen LogP contribution < -0.4 is 15.4 Å². The van der Waals surface area contributed by atoms with Crippen molar-refractivity contribution in [3.63, 3.8) is 0 Å². The Balaban J connectivity index is 2.06. The van der Waals surface area contributed by atoms with Crippen LogP contribution >= 0.6 is 24.2 Å². The summed E-state index contributed by atoms with van der Waals surface area (Å²) in [6.07, 6.45) is 10.3. The summed E-state index contributed by atoms with van der Waals surface area (Å²) in [7, 11) is 1.78. The van der Waals surface area contributed by atoms with E-state index < -0.39 is 5.91 Å². The van der Waals surface area contributed by atoms with E-state index in [1.165, 1.54) is 5.56 Å². The molecule has 216 valence electrons. The van der Waals surface area contributed by atoms with Gasteiger partial charge in [0.2, 0.25) is 5.91 Å². The number of amides is 1. The molecule has 0 spiro atoms. The van der Waals surface area contributed by atoms with Crippen molar-refractivity contribution in [2.24, 2.45) is 17.6 Å². The van der Waals surface area contributed by atoms with Gasteiger partial charge >= 0.3 is 0 Å². The zero-order valence-electron chi connectivity index (χ0n) is 24.1. The van der Waals surface area contributed by atoms with Crippen LogP contribution in [-0.4, -0.2) is 44.6 Å². The zero-order valence-corrected chi connectivity index (χ0v) is 25.7. The molecule has 0 bridgehead atoms. The molecule has 5 nitrogen and oxygen atoms in total. The van der Waals surface area contributed by atoms with Gasteiger partial charge in [-0.25, -0.2) is 0 Å². The average Bonchev–Trinajstić information content (AvgIpc) is 2.94. The molecule has 3 atom stereocenters. The second kappa shape index (κ2) is 18.2. The van der Waals surface area contributed by atoms with E-state index in [9.17, 15) is 4.79 Å². The van der Waals surface area contributed by atoms with Crippen LogP contribution in [0.3, 0.4) is 0 Å². The lowest BCUT2D eigenvalue weighted by atomic mass is 9.94. The largest absolute Gasteiger partial charge is 0.491 e. The summed E-state index contributed by atoms with van der Waals surface area (Å²) in [6, 6.07) is 13.5. The van der Waals surface area contributed by atoms with E-state index in [4.69, 9.17) is 26.8 Å². The van der Waals surface area contributed by atoms with Gasteiger partial charge in [0, 0.05) is 30.8 Å². The van der Waals surface area contributed by atoms with Crippen LogP contribution in [0.15, 0.2) is 54.6 Å². The van der Waals surface area contributed by atoms with Crippen molar-refractivity contribution < 1.29 is 14.3 Å². The van der Waals surface area contributed by atoms with Crippen molar-refractivity contribution >= 4 is 35.8 Å². The minimum Gasteiger partial charge on any atom is -0.491 e. The van der Waals surface area contributed by atoms with E-state index in [1.54, 1.807) is 13.2 Å². The quantitative estimate of drug-likeness (QED) is 0.103. The summed E-state index contributed by atoms with van der Waals surface area (Å²) in [5.74, 6) is 2.14. The summed E-state index contributed by atoms with van der Waals surface area (Å²) in [4.78, 5) is 14.2. The van der Waals surface area contributed by atoms with Gasteiger partial charge in [-0.3, -0.25) is 4.79 Å². The minimum absolute atomic E-state index is 0.0630. The van der Waals surface area contributed by atoms with E-state index in [0.717, 1.165) is 73.8 Å². The first-order chi connectivity index (χ1) is 18.8. The maximum absolute atomic E-state index is 12.0. The summed E-state index contributed by atoms with van der Waals surface area (Å²) < 4.78 is 12.1. The molecular weight excluding hydrogens is 528 g/mol. The summed E-state index contributed by atoms with van der Waals surface area (Å²) in [5, 5.41) is 0.767. The lowest BCUT2D eigenvalue weighted by molar-refractivity contribution is 0.0841. The SMILES string of the molecule is CC[C@H](CCN(CC)c1cc(C(N)=O)ccc1OCCCCc1cccc(Cl)c1)[C@H](/C=C/C[C@H](C)CS)OC. The first-order valence-corrected chi connectivity index (χ1v) is 15.2. The van der Waals surface area contributed by atoms with Crippen LogP contribution in [0.4, 0.5) is 5.69 Å². The minimum atomic E-state index is -0.438. The molecule has 0 aromatic heterocycles. The molecule has 0 fully saturated rings. The van der Waals surface area contributed by atoms with E-state index in [-0.39, 0.29) is 6.10 Å². The summed E-state index contributed by atoms with van der Waals surface area (Å²) in [6.45, 7) is 8.75. The molecule has 0 aliphatic carbocycles. The standard InChI is InChI=1S/C32H47ClN2O3S/c1-5-26(30(37-4)15-9-11-24(3)23-39)18-19-35(6-2)29-22-27(32(34)36)16-17-31(29)38-20-8-7-12-25-13-10-14-28(33)21-25/h9-10,13-17,21-22,24,26,30,39H,5-8,11-12,18-20,23H2,1-4H3,(H2,34,36)/b15-9+/t24-,26+,30-/m0/s1. The van der Waals surface area contributed by atoms with Crippen LogP contribution in [-0.2, 0) is 11.2 Å². The molecule has 0 aliphatic rings. The number of nitrogens with zero attached hydrogens (tertiary/aromatic N) is 1. The first-order valence-electron chi connectivity index (χ1n) is 14.2. The van der Waals surface area contributed by atoms with E-state index in [2.05, 4.69) is 56.5 Å². The normalized spacial score (nSPS) is 13.8. The number of ether oxygens (including phenoxy) is 2. The first kappa shape index (κ1) is 33.1. The molecule has 2 aromatic carbocycles. The number of carbonyl (C=O) groups is 1. The predicted molar refractivity (Wildman–Crippen MR) is 169 cm³/mol. The Labute approximate surface area is 246 Å². The number of halogens is 1. The Hall–Kier alpha value is -2.15. The van der Waals surface area contributed by atoms with Gasteiger partial charge in [-0.1, -0.05) is 56.2 Å². The third-order valence-electron chi connectivity index (χ3n) is 7.18. The monoisotopic (exact) mass is 574 g/mol. The lowest BCUT2D eigenvalue weighted by Gasteiger charge is -2.29. The highest BCUT2D eigenvalue weighted by molar-refractivity contribution is 7.80. The molecule has 0 saturated heterocycles. The molecule has 1 amide bonds. The van der Waals surface area contributed by atoms with Crippen LogP contribution in [0, 0.1) is 11.8 Å². The third kappa shape index (κ3) is 11.5. The van der Waals surface area contributed by atoms with Crippen molar-refractivity contribution in [3.8, 4) is 5.75 Å². The number of rotatable bonds is 19.